The molecule has 0 radical (unpaired) electrons. The minimum atomic E-state index is -0.650. The van der Waals surface area contributed by atoms with Crippen LogP contribution in [0.1, 0.15) is 43.3 Å². The lowest BCUT2D eigenvalue weighted by atomic mass is 9.86. The molecule has 1 aliphatic rings. The molecule has 1 fully saturated rings. The molecule has 1 aromatic heterocycles. The molecule has 2 rings (SSSR count). The van der Waals surface area contributed by atoms with E-state index in [0.29, 0.717) is 6.04 Å². The molecular formula is C13H20N2O2S. The maximum atomic E-state index is 11.0. The molecule has 1 heterocycles. The van der Waals surface area contributed by atoms with Crippen molar-refractivity contribution in [2.24, 2.45) is 5.92 Å². The van der Waals surface area contributed by atoms with Gasteiger partial charge in [-0.15, -0.1) is 11.3 Å². The van der Waals surface area contributed by atoms with Crippen LogP contribution in [0.4, 0.5) is 0 Å². The minimum absolute atomic E-state index is 0.169. The minimum Gasteiger partial charge on any atom is -0.481 e. The SMILES string of the molecule is CCc1nc(CNC2CCCC(C(=O)O)C2)cs1. The van der Waals surface area contributed by atoms with Crippen molar-refractivity contribution in [3.63, 3.8) is 0 Å². The molecule has 1 aromatic rings. The number of thiazole rings is 1. The number of carboxylic acids is 1. The summed E-state index contributed by atoms with van der Waals surface area (Å²) in [5, 5.41) is 15.7. The quantitative estimate of drug-likeness (QED) is 0.861. The Morgan fingerprint density at radius 2 is 2.44 bits per heavy atom. The highest BCUT2D eigenvalue weighted by Gasteiger charge is 2.26. The van der Waals surface area contributed by atoms with E-state index in [0.717, 1.165) is 44.3 Å². The number of carboxylic acid groups (broad SMARTS) is 1. The third-order valence-corrected chi connectivity index (χ3v) is 4.54. The van der Waals surface area contributed by atoms with Crippen molar-refractivity contribution in [3.8, 4) is 0 Å². The molecule has 2 N–H and O–H groups in total. The summed E-state index contributed by atoms with van der Waals surface area (Å²) in [7, 11) is 0. The van der Waals surface area contributed by atoms with E-state index in [1.54, 1.807) is 11.3 Å². The number of nitrogens with one attached hydrogen (secondary N) is 1. The Kier molecular flexibility index (Phi) is 4.72. The second-order valence-corrected chi connectivity index (χ2v) is 5.81. The Morgan fingerprint density at radius 3 is 3.11 bits per heavy atom. The van der Waals surface area contributed by atoms with Crippen LogP contribution in [0, 0.1) is 5.92 Å². The highest BCUT2D eigenvalue weighted by Crippen LogP contribution is 2.24. The number of carbonyl (C=O) groups is 1. The van der Waals surface area contributed by atoms with Gasteiger partial charge in [0.2, 0.25) is 0 Å². The van der Waals surface area contributed by atoms with Gasteiger partial charge in [0.05, 0.1) is 16.6 Å². The van der Waals surface area contributed by atoms with Crippen molar-refractivity contribution in [2.45, 2.75) is 51.6 Å². The van der Waals surface area contributed by atoms with Crippen LogP contribution < -0.4 is 5.32 Å². The summed E-state index contributed by atoms with van der Waals surface area (Å²) in [4.78, 5) is 15.5. The largest absolute Gasteiger partial charge is 0.481 e. The first kappa shape index (κ1) is 13.5. The Morgan fingerprint density at radius 1 is 1.61 bits per heavy atom. The van der Waals surface area contributed by atoms with E-state index in [1.807, 2.05) is 0 Å². The fraction of sp³-hybridized carbons (Fsp3) is 0.692. The van der Waals surface area contributed by atoms with E-state index < -0.39 is 5.97 Å². The zero-order chi connectivity index (χ0) is 13.0. The van der Waals surface area contributed by atoms with E-state index in [-0.39, 0.29) is 5.92 Å². The van der Waals surface area contributed by atoms with Crippen molar-refractivity contribution in [1.29, 1.82) is 0 Å². The van der Waals surface area contributed by atoms with Gasteiger partial charge in [-0.1, -0.05) is 13.3 Å². The number of nitrogens with zero attached hydrogens (tertiary/aromatic N) is 1. The molecule has 0 saturated heterocycles. The normalized spacial score (nSPS) is 24.1. The summed E-state index contributed by atoms with van der Waals surface area (Å²) < 4.78 is 0. The van der Waals surface area contributed by atoms with E-state index in [1.165, 1.54) is 5.01 Å². The molecule has 1 aliphatic carbocycles. The molecule has 1 saturated carbocycles. The zero-order valence-electron chi connectivity index (χ0n) is 10.7. The molecule has 0 bridgehead atoms. The topological polar surface area (TPSA) is 62.2 Å². The van der Waals surface area contributed by atoms with Crippen molar-refractivity contribution >= 4 is 17.3 Å². The molecule has 18 heavy (non-hydrogen) atoms. The van der Waals surface area contributed by atoms with Gasteiger partial charge in [0.1, 0.15) is 0 Å². The zero-order valence-corrected chi connectivity index (χ0v) is 11.5. The summed E-state index contributed by atoms with van der Waals surface area (Å²) in [5.74, 6) is -0.818. The Balaban J connectivity index is 1.80. The number of aromatic nitrogens is 1. The van der Waals surface area contributed by atoms with Crippen LogP contribution in [-0.4, -0.2) is 22.1 Å². The summed E-state index contributed by atoms with van der Waals surface area (Å²) in [5.41, 5.74) is 1.08. The van der Waals surface area contributed by atoms with E-state index in [2.05, 4.69) is 22.6 Å². The summed E-state index contributed by atoms with van der Waals surface area (Å²) >= 11 is 1.70. The van der Waals surface area contributed by atoms with E-state index in [9.17, 15) is 4.79 Å². The van der Waals surface area contributed by atoms with Gasteiger partial charge in [0.15, 0.2) is 0 Å². The number of hydrogen-bond acceptors (Lipinski definition) is 4. The number of aryl methyl sites for hydroxylation is 1. The fourth-order valence-electron chi connectivity index (χ4n) is 2.44. The molecule has 0 spiro atoms. The third-order valence-electron chi connectivity index (χ3n) is 3.50. The lowest BCUT2D eigenvalue weighted by molar-refractivity contribution is -0.143. The van der Waals surface area contributed by atoms with Crippen molar-refractivity contribution in [2.75, 3.05) is 0 Å². The monoisotopic (exact) mass is 268 g/mol. The second-order valence-electron chi connectivity index (χ2n) is 4.87. The van der Waals surface area contributed by atoms with Gasteiger partial charge >= 0.3 is 5.97 Å². The first-order valence-corrected chi connectivity index (χ1v) is 7.46. The van der Waals surface area contributed by atoms with Gasteiger partial charge in [-0.25, -0.2) is 4.98 Å². The molecule has 4 nitrogen and oxygen atoms in total. The van der Waals surface area contributed by atoms with Gasteiger partial charge in [-0.05, 0) is 25.7 Å². The lowest BCUT2D eigenvalue weighted by Gasteiger charge is -2.27. The summed E-state index contributed by atoms with van der Waals surface area (Å²) in [6.45, 7) is 2.86. The molecule has 0 aromatic carbocycles. The first-order chi connectivity index (χ1) is 8.69. The second kappa shape index (κ2) is 6.29. The highest BCUT2D eigenvalue weighted by atomic mass is 32.1. The summed E-state index contributed by atoms with van der Waals surface area (Å²) in [6.07, 6.45) is 4.64. The average molecular weight is 268 g/mol. The van der Waals surface area contributed by atoms with Crippen LogP contribution in [0.2, 0.25) is 0 Å². The Bertz CT molecular complexity index is 405. The van der Waals surface area contributed by atoms with Gasteiger partial charge in [0, 0.05) is 18.0 Å². The third kappa shape index (κ3) is 3.53. The van der Waals surface area contributed by atoms with Gasteiger partial charge in [-0.2, -0.15) is 0 Å². The predicted molar refractivity (Wildman–Crippen MR) is 71.7 cm³/mol. The maximum absolute atomic E-state index is 11.0. The molecule has 0 amide bonds. The maximum Gasteiger partial charge on any atom is 0.306 e. The van der Waals surface area contributed by atoms with Crippen LogP contribution in [0.3, 0.4) is 0 Å². The van der Waals surface area contributed by atoms with Crippen LogP contribution in [0.5, 0.6) is 0 Å². The molecule has 2 atom stereocenters. The molecular weight excluding hydrogens is 248 g/mol. The van der Waals surface area contributed by atoms with Crippen molar-refractivity contribution < 1.29 is 9.90 Å². The van der Waals surface area contributed by atoms with Gasteiger partial charge < -0.3 is 10.4 Å². The predicted octanol–water partition coefficient (Wildman–Crippen LogP) is 2.44. The number of rotatable bonds is 5. The summed E-state index contributed by atoms with van der Waals surface area (Å²) in [6, 6.07) is 0.326. The lowest BCUT2D eigenvalue weighted by Crippen LogP contribution is -2.36. The van der Waals surface area contributed by atoms with Crippen molar-refractivity contribution in [1.82, 2.24) is 10.3 Å². The highest BCUT2D eigenvalue weighted by molar-refractivity contribution is 7.09. The number of hydrogen-bond donors (Lipinski definition) is 2. The van der Waals surface area contributed by atoms with Gasteiger partial charge in [-0.3, -0.25) is 4.79 Å². The van der Waals surface area contributed by atoms with E-state index in [4.69, 9.17) is 5.11 Å². The van der Waals surface area contributed by atoms with Gasteiger partial charge in [0.25, 0.3) is 0 Å². The smallest absolute Gasteiger partial charge is 0.306 e. The standard InChI is InChI=1S/C13H20N2O2S/c1-2-12-15-11(8-18-12)7-14-10-5-3-4-9(6-10)13(16)17/h8-10,14H,2-7H2,1H3,(H,16,17). The van der Waals surface area contributed by atoms with Crippen LogP contribution in [-0.2, 0) is 17.8 Å². The molecule has 5 heteroatoms. The van der Waals surface area contributed by atoms with E-state index >= 15 is 0 Å². The number of aliphatic carboxylic acids is 1. The average Bonchev–Trinajstić information content (AvgIpc) is 2.84. The molecule has 100 valence electrons. The first-order valence-electron chi connectivity index (χ1n) is 6.58. The molecule has 0 aliphatic heterocycles. The Hall–Kier alpha value is -0.940. The van der Waals surface area contributed by atoms with Crippen LogP contribution >= 0.6 is 11.3 Å². The Labute approximate surface area is 111 Å². The molecule has 2 unspecified atom stereocenters. The van der Waals surface area contributed by atoms with Crippen LogP contribution in [0.15, 0.2) is 5.38 Å². The fourth-order valence-corrected chi connectivity index (χ4v) is 3.19. The van der Waals surface area contributed by atoms with Crippen molar-refractivity contribution in [3.05, 3.63) is 16.1 Å². The van der Waals surface area contributed by atoms with Crippen LogP contribution in [0.25, 0.3) is 0 Å².